The minimum Gasteiger partial charge on any atom is -0.657 e. The average molecular weight is 605 g/mol. The first kappa shape index (κ1) is 20.7. The van der Waals surface area contributed by atoms with E-state index < -0.39 is 22.7 Å². The van der Waals surface area contributed by atoms with Gasteiger partial charge in [-0.05, 0) is 10.8 Å². The fourth-order valence-electron chi connectivity index (χ4n) is 4.04. The van der Waals surface area contributed by atoms with Gasteiger partial charge in [0.2, 0.25) is 0 Å². The summed E-state index contributed by atoms with van der Waals surface area (Å²) in [5.74, 6) is 0. The molecule has 1 aromatic heterocycles. The van der Waals surface area contributed by atoms with Gasteiger partial charge in [0.15, 0.2) is 0 Å². The quantitative estimate of drug-likeness (QED) is 0.255. The van der Waals surface area contributed by atoms with Crippen LogP contribution in [0.5, 0.6) is 0 Å². The molecule has 0 bridgehead atoms. The summed E-state index contributed by atoms with van der Waals surface area (Å²) in [7, 11) is 0. The van der Waals surface area contributed by atoms with Crippen LogP contribution in [0.3, 0.4) is 0 Å². The van der Waals surface area contributed by atoms with Crippen molar-refractivity contribution in [3.63, 3.8) is 0 Å². The van der Waals surface area contributed by atoms with E-state index in [2.05, 4.69) is 132 Å². The van der Waals surface area contributed by atoms with Crippen molar-refractivity contribution in [1.29, 1.82) is 0 Å². The van der Waals surface area contributed by atoms with Gasteiger partial charge >= 0.3 is 123 Å². The van der Waals surface area contributed by atoms with E-state index in [9.17, 15) is 0 Å². The van der Waals surface area contributed by atoms with Gasteiger partial charge in [-0.3, -0.25) is 0 Å². The maximum absolute atomic E-state index is 4.52. The molecule has 0 aliphatic heterocycles. The van der Waals surface area contributed by atoms with Crippen LogP contribution in [-0.2, 0) is 0 Å². The maximum Gasteiger partial charge on any atom is -0.0343 e. The smallest absolute Gasteiger partial charge is 0.0343 e. The van der Waals surface area contributed by atoms with Crippen molar-refractivity contribution in [3.8, 4) is 0 Å². The van der Waals surface area contributed by atoms with E-state index in [1.807, 2.05) is 12.1 Å². The second kappa shape index (κ2) is 9.96. The van der Waals surface area contributed by atoms with Crippen molar-refractivity contribution in [1.82, 2.24) is 4.98 Å². The third-order valence-electron chi connectivity index (χ3n) is 5.53. The van der Waals surface area contributed by atoms with E-state index >= 15 is 0 Å². The first-order chi connectivity index (χ1) is 15.9. The van der Waals surface area contributed by atoms with Crippen LogP contribution in [-0.4, -0.2) is 22.7 Å². The van der Waals surface area contributed by atoms with Crippen LogP contribution in [0.4, 0.5) is 0 Å². The third kappa shape index (κ3) is 4.53. The Morgan fingerprint density at radius 2 is 0.656 bits per heavy atom. The maximum atomic E-state index is 4.52. The molecule has 0 N–H and O–H groups in total. The molecule has 0 atom stereocenters. The van der Waals surface area contributed by atoms with Crippen LogP contribution in [0, 0.1) is 0 Å². The number of fused-ring (bicyclic) bond motifs is 3. The monoisotopic (exact) mass is 605 g/mol. The number of benzene rings is 5. The van der Waals surface area contributed by atoms with Crippen LogP contribution in [0.15, 0.2) is 140 Å². The molecule has 0 fully saturated rings. The van der Waals surface area contributed by atoms with E-state index in [1.54, 1.807) is 9.37 Å². The Hall–Kier alpha value is -3.18. The molecule has 0 aliphatic rings. The largest absolute Gasteiger partial charge is 0.657 e. The molecule has 1 heterocycles. The first-order valence-corrected chi connectivity index (χ1v) is 16.7. The summed E-state index contributed by atoms with van der Waals surface area (Å²) >= 11 is -2.17. The van der Waals surface area contributed by atoms with E-state index in [0.29, 0.717) is 0 Å². The van der Waals surface area contributed by atoms with Gasteiger partial charge in [0.25, 0.3) is 0 Å². The van der Waals surface area contributed by atoms with E-state index in [1.165, 1.54) is 10.8 Å². The standard InChI is InChI=1S/C12H8N.3C6H5.Pb/c1-3-7-11-9(5-1)10-6-2-4-8-12(10)13-11;3*1-2-4-6-5-3-1;/h1-8H;3*1-5H;/q-1;;;;. The Morgan fingerprint density at radius 3 is 1.03 bits per heavy atom. The summed E-state index contributed by atoms with van der Waals surface area (Å²) in [6.07, 6.45) is 0. The minimum absolute atomic E-state index is 1.09. The molecule has 6 rings (SSSR count). The van der Waals surface area contributed by atoms with E-state index in [0.717, 1.165) is 11.0 Å². The molecule has 0 unspecified atom stereocenters. The molecule has 5 aromatic carbocycles. The van der Waals surface area contributed by atoms with Crippen molar-refractivity contribution >= 4 is 53.9 Å². The van der Waals surface area contributed by atoms with E-state index in [4.69, 9.17) is 0 Å². The Kier molecular flexibility index (Phi) is 6.45. The number of hydrogen-bond acceptors (Lipinski definition) is 0. The molecule has 0 aliphatic carbocycles. The van der Waals surface area contributed by atoms with Gasteiger partial charge in [0.05, 0.1) is 0 Å². The summed E-state index contributed by atoms with van der Waals surface area (Å²) < 4.78 is 4.64. The van der Waals surface area contributed by atoms with Gasteiger partial charge in [0.1, 0.15) is 0 Å². The van der Waals surface area contributed by atoms with Gasteiger partial charge in [-0.1, -0.05) is 48.5 Å². The van der Waals surface area contributed by atoms with Crippen molar-refractivity contribution < 1.29 is 0 Å². The minimum atomic E-state index is -2.17. The Bertz CT molecular complexity index is 1260. The Morgan fingerprint density at radius 1 is 0.344 bits per heavy atom. The Labute approximate surface area is 197 Å². The zero-order chi connectivity index (χ0) is 21.6. The average Bonchev–Trinajstić information content (AvgIpc) is 3.26. The van der Waals surface area contributed by atoms with Crippen LogP contribution in [0.2, 0.25) is 0 Å². The topological polar surface area (TPSA) is 14.1 Å². The molecule has 2 heteroatoms. The van der Waals surface area contributed by atoms with Crippen LogP contribution in [0.25, 0.3) is 21.8 Å². The van der Waals surface area contributed by atoms with Gasteiger partial charge < -0.3 is 4.98 Å². The fraction of sp³-hybridized carbons (Fsp3) is 0. The number of hydrogen-bond donors (Lipinski definition) is 0. The number of para-hydroxylation sites is 2. The second-order valence-corrected chi connectivity index (χ2v) is 17.3. The SMILES string of the molecule is c1cc[c]([Pb]([c]2ccccc2)[c]2ccccc2)cc1.c1ccc2c(c1)[n-]c1ccccc12. The van der Waals surface area contributed by atoms with Gasteiger partial charge in [-0.25, -0.2) is 0 Å². The summed E-state index contributed by atoms with van der Waals surface area (Å²) in [6, 6.07) is 49.5. The number of rotatable bonds is 3. The van der Waals surface area contributed by atoms with Crippen LogP contribution in [0.1, 0.15) is 0 Å². The molecule has 1 nitrogen and oxygen atoms in total. The van der Waals surface area contributed by atoms with Crippen molar-refractivity contribution in [2.75, 3.05) is 0 Å². The van der Waals surface area contributed by atoms with Crippen molar-refractivity contribution in [3.05, 3.63) is 140 Å². The van der Waals surface area contributed by atoms with Crippen molar-refractivity contribution in [2.24, 2.45) is 0 Å². The number of nitrogens with zero attached hydrogens (tertiary/aromatic N) is 1. The predicted octanol–water partition coefficient (Wildman–Crippen LogP) is 5.15. The van der Waals surface area contributed by atoms with Gasteiger partial charge in [-0.2, -0.15) is 0 Å². The van der Waals surface area contributed by atoms with Gasteiger partial charge in [0, 0.05) is 0 Å². The molecule has 6 aromatic rings. The summed E-state index contributed by atoms with van der Waals surface area (Å²) in [4.78, 5) is 4.52. The van der Waals surface area contributed by atoms with Gasteiger partial charge in [-0.15, -0.1) is 11.0 Å². The predicted molar refractivity (Wildman–Crippen MR) is 139 cm³/mol. The molecule has 32 heavy (non-hydrogen) atoms. The molecular formula is C30H23NPb-. The number of aromatic nitrogens is 1. The molecule has 0 amide bonds. The van der Waals surface area contributed by atoms with Crippen LogP contribution < -0.4 is 14.4 Å². The molecule has 0 saturated heterocycles. The normalized spacial score (nSPS) is 10.8. The molecule has 0 spiro atoms. The molecular weight excluding hydrogens is 582 g/mol. The summed E-state index contributed by atoms with van der Waals surface area (Å²) in [5, 5.41) is 2.50. The molecule has 153 valence electrons. The zero-order valence-electron chi connectivity index (χ0n) is 17.7. The van der Waals surface area contributed by atoms with Crippen molar-refractivity contribution in [2.45, 2.75) is 0 Å². The molecule has 1 radical (unpaired) electrons. The summed E-state index contributed by atoms with van der Waals surface area (Å²) in [6.45, 7) is 0. The molecule has 0 saturated carbocycles. The Balaban J connectivity index is 0.000000144. The first-order valence-electron chi connectivity index (χ1n) is 10.8. The second-order valence-electron chi connectivity index (χ2n) is 7.62. The van der Waals surface area contributed by atoms with E-state index in [-0.39, 0.29) is 0 Å². The van der Waals surface area contributed by atoms with Crippen LogP contribution >= 0.6 is 0 Å². The summed E-state index contributed by atoms with van der Waals surface area (Å²) in [5.41, 5.74) is 2.17. The zero-order valence-corrected chi connectivity index (χ0v) is 21.6. The fourth-order valence-corrected chi connectivity index (χ4v) is 14.1. The third-order valence-corrected chi connectivity index (χ3v) is 16.1.